The zero-order chi connectivity index (χ0) is 13.9. The molecule has 1 fully saturated rings. The molecule has 1 heterocycles. The first kappa shape index (κ1) is 14.4. The van der Waals surface area contributed by atoms with Gasteiger partial charge in [-0.15, -0.1) is 0 Å². The van der Waals surface area contributed by atoms with Crippen LogP contribution in [0.15, 0.2) is 0 Å². The van der Waals surface area contributed by atoms with E-state index in [-0.39, 0.29) is 30.8 Å². The maximum atomic E-state index is 11.9. The number of aliphatic carboxylic acids is 1. The molecule has 7 nitrogen and oxygen atoms in total. The summed E-state index contributed by atoms with van der Waals surface area (Å²) >= 11 is 0. The normalized spacial score (nSPS) is 26.7. The molecule has 0 saturated carbocycles. The van der Waals surface area contributed by atoms with Crippen LogP contribution in [-0.2, 0) is 14.4 Å². The highest BCUT2D eigenvalue weighted by Crippen LogP contribution is 2.22. The summed E-state index contributed by atoms with van der Waals surface area (Å²) in [5, 5.41) is 14.4. The zero-order valence-electron chi connectivity index (χ0n) is 10.8. The van der Waals surface area contributed by atoms with E-state index in [1.807, 2.05) is 0 Å². The molecule has 0 radical (unpaired) electrons. The maximum Gasteiger partial charge on any atom is 0.320 e. The van der Waals surface area contributed by atoms with Crippen molar-refractivity contribution in [2.24, 2.45) is 5.92 Å². The third-order valence-electron chi connectivity index (χ3n) is 3.02. The molecule has 0 aromatic heterocycles. The highest BCUT2D eigenvalue weighted by molar-refractivity contribution is 5.82. The van der Waals surface area contributed by atoms with Crippen LogP contribution in [0.5, 0.6) is 0 Å². The number of hydrogen-bond donors (Lipinski definition) is 3. The van der Waals surface area contributed by atoms with Gasteiger partial charge in [-0.05, 0) is 6.42 Å². The van der Waals surface area contributed by atoms with Crippen LogP contribution in [0.25, 0.3) is 0 Å². The smallest absolute Gasteiger partial charge is 0.320 e. The molecule has 3 N–H and O–H groups in total. The summed E-state index contributed by atoms with van der Waals surface area (Å²) in [4.78, 5) is 35.2. The Kier molecular flexibility index (Phi) is 4.66. The summed E-state index contributed by atoms with van der Waals surface area (Å²) in [5.74, 6) is -1.72. The van der Waals surface area contributed by atoms with Crippen molar-refractivity contribution in [2.75, 3.05) is 20.6 Å². The van der Waals surface area contributed by atoms with E-state index in [0.29, 0.717) is 0 Å². The van der Waals surface area contributed by atoms with Gasteiger partial charge in [-0.25, -0.2) is 0 Å². The topological polar surface area (TPSA) is 98.7 Å². The Hall–Kier alpha value is -1.63. The van der Waals surface area contributed by atoms with Crippen molar-refractivity contribution in [1.82, 2.24) is 15.5 Å². The van der Waals surface area contributed by atoms with Gasteiger partial charge in [0.05, 0.1) is 5.92 Å². The molecule has 0 aromatic carbocycles. The molecule has 1 aliphatic heterocycles. The van der Waals surface area contributed by atoms with Gasteiger partial charge in [-0.1, -0.05) is 0 Å². The largest absolute Gasteiger partial charge is 0.480 e. The van der Waals surface area contributed by atoms with Gasteiger partial charge in [0.15, 0.2) is 0 Å². The van der Waals surface area contributed by atoms with Crippen LogP contribution in [-0.4, -0.2) is 60.5 Å². The fourth-order valence-corrected chi connectivity index (χ4v) is 2.09. The van der Waals surface area contributed by atoms with Crippen LogP contribution in [0.1, 0.15) is 13.3 Å². The van der Waals surface area contributed by atoms with Gasteiger partial charge in [0.1, 0.15) is 6.04 Å². The first-order valence-corrected chi connectivity index (χ1v) is 5.77. The quantitative estimate of drug-likeness (QED) is 0.578. The van der Waals surface area contributed by atoms with Crippen molar-refractivity contribution in [3.63, 3.8) is 0 Å². The monoisotopic (exact) mass is 257 g/mol. The molecule has 0 spiro atoms. The molecule has 1 aliphatic rings. The SMILES string of the molecule is CC(=O)NC[C@@H]1N[C@@H](C(=O)O)C[C@H]1C(=O)N(C)C. The van der Waals surface area contributed by atoms with Crippen LogP contribution in [0.2, 0.25) is 0 Å². The van der Waals surface area contributed by atoms with Crippen LogP contribution >= 0.6 is 0 Å². The van der Waals surface area contributed by atoms with E-state index < -0.39 is 17.9 Å². The number of carbonyl (C=O) groups is 3. The first-order chi connectivity index (χ1) is 8.32. The van der Waals surface area contributed by atoms with Crippen molar-refractivity contribution in [3.8, 4) is 0 Å². The van der Waals surface area contributed by atoms with Gasteiger partial charge in [0.25, 0.3) is 0 Å². The average molecular weight is 257 g/mol. The van der Waals surface area contributed by atoms with Gasteiger partial charge in [-0.2, -0.15) is 0 Å². The second-order valence-corrected chi connectivity index (χ2v) is 4.68. The predicted octanol–water partition coefficient (Wildman–Crippen LogP) is -1.36. The second kappa shape index (κ2) is 5.81. The first-order valence-electron chi connectivity index (χ1n) is 5.77. The van der Waals surface area contributed by atoms with Crippen LogP contribution in [0.3, 0.4) is 0 Å². The number of hydrogen-bond acceptors (Lipinski definition) is 4. The Morgan fingerprint density at radius 3 is 2.44 bits per heavy atom. The Labute approximate surface area is 106 Å². The fourth-order valence-electron chi connectivity index (χ4n) is 2.09. The molecule has 102 valence electrons. The van der Waals surface area contributed by atoms with Crippen molar-refractivity contribution >= 4 is 17.8 Å². The highest BCUT2D eigenvalue weighted by Gasteiger charge is 2.41. The molecule has 18 heavy (non-hydrogen) atoms. The van der Waals surface area contributed by atoms with Crippen molar-refractivity contribution in [2.45, 2.75) is 25.4 Å². The van der Waals surface area contributed by atoms with Crippen molar-refractivity contribution in [3.05, 3.63) is 0 Å². The van der Waals surface area contributed by atoms with E-state index in [9.17, 15) is 14.4 Å². The Bertz CT molecular complexity index is 356. The minimum absolute atomic E-state index is 0.124. The second-order valence-electron chi connectivity index (χ2n) is 4.68. The van der Waals surface area contributed by atoms with Crippen molar-refractivity contribution < 1.29 is 19.5 Å². The van der Waals surface area contributed by atoms with Crippen LogP contribution < -0.4 is 10.6 Å². The summed E-state index contributed by atoms with van der Waals surface area (Å²) in [6, 6.07) is -1.08. The van der Waals surface area contributed by atoms with Gasteiger partial charge in [0, 0.05) is 33.6 Å². The standard InChI is InChI=1S/C11H19N3O4/c1-6(15)12-5-9-7(10(16)14(2)3)4-8(13-9)11(17)18/h7-9,13H,4-5H2,1-3H3,(H,12,15)(H,17,18)/t7-,8-,9+/m1/s1. The van der Waals surface area contributed by atoms with E-state index in [4.69, 9.17) is 5.11 Å². The fraction of sp³-hybridized carbons (Fsp3) is 0.727. The molecular weight excluding hydrogens is 238 g/mol. The summed E-state index contributed by atoms with van der Waals surface area (Å²) < 4.78 is 0. The predicted molar refractivity (Wildman–Crippen MR) is 63.8 cm³/mol. The number of amides is 2. The summed E-state index contributed by atoms with van der Waals surface area (Å²) in [6.45, 7) is 1.63. The van der Waals surface area contributed by atoms with Gasteiger partial charge in [-0.3, -0.25) is 19.7 Å². The minimum atomic E-state index is -0.975. The number of carboxylic acid groups (broad SMARTS) is 1. The summed E-state index contributed by atoms with van der Waals surface area (Å²) in [6.07, 6.45) is 0.247. The maximum absolute atomic E-state index is 11.9. The van der Waals surface area contributed by atoms with E-state index in [1.54, 1.807) is 14.1 Å². The number of carbonyl (C=O) groups excluding carboxylic acids is 2. The van der Waals surface area contributed by atoms with E-state index >= 15 is 0 Å². The lowest BCUT2D eigenvalue weighted by atomic mass is 9.97. The van der Waals surface area contributed by atoms with Crippen molar-refractivity contribution in [1.29, 1.82) is 0 Å². The van der Waals surface area contributed by atoms with Gasteiger partial charge in [0.2, 0.25) is 11.8 Å². The van der Waals surface area contributed by atoms with E-state index in [2.05, 4.69) is 10.6 Å². The number of carboxylic acids is 1. The molecule has 0 aliphatic carbocycles. The molecule has 0 aromatic rings. The minimum Gasteiger partial charge on any atom is -0.480 e. The van der Waals surface area contributed by atoms with Crippen LogP contribution in [0.4, 0.5) is 0 Å². The Morgan fingerprint density at radius 2 is 2.00 bits per heavy atom. The lowest BCUT2D eigenvalue weighted by Crippen LogP contribution is -2.46. The lowest BCUT2D eigenvalue weighted by Gasteiger charge is -2.22. The Morgan fingerprint density at radius 1 is 1.39 bits per heavy atom. The number of nitrogens with one attached hydrogen (secondary N) is 2. The van der Waals surface area contributed by atoms with Gasteiger partial charge < -0.3 is 15.3 Å². The molecule has 1 rings (SSSR count). The summed E-state index contributed by atoms with van der Waals surface area (Å²) in [7, 11) is 3.26. The number of nitrogens with zero attached hydrogens (tertiary/aromatic N) is 1. The zero-order valence-corrected chi connectivity index (χ0v) is 10.8. The molecule has 3 atom stereocenters. The number of rotatable bonds is 4. The third kappa shape index (κ3) is 3.43. The molecule has 2 amide bonds. The highest BCUT2D eigenvalue weighted by atomic mass is 16.4. The third-order valence-corrected chi connectivity index (χ3v) is 3.02. The van der Waals surface area contributed by atoms with Gasteiger partial charge >= 0.3 is 5.97 Å². The molecule has 0 unspecified atom stereocenters. The average Bonchev–Trinajstić information content (AvgIpc) is 2.69. The Balaban J connectivity index is 2.73. The van der Waals surface area contributed by atoms with E-state index in [1.165, 1.54) is 11.8 Å². The lowest BCUT2D eigenvalue weighted by molar-refractivity contribution is -0.139. The summed E-state index contributed by atoms with van der Waals surface area (Å²) in [5.41, 5.74) is 0. The molecule has 0 bridgehead atoms. The molecular formula is C11H19N3O4. The molecule has 7 heteroatoms. The molecule has 1 saturated heterocycles. The van der Waals surface area contributed by atoms with E-state index in [0.717, 1.165) is 0 Å². The van der Waals surface area contributed by atoms with Crippen LogP contribution in [0, 0.1) is 5.92 Å².